The van der Waals surface area contributed by atoms with Gasteiger partial charge in [-0.3, -0.25) is 0 Å². The number of carbonyl (C=O) groups excluding carboxylic acids is 1. The summed E-state index contributed by atoms with van der Waals surface area (Å²) in [6.45, 7) is 0.435. The molecule has 1 rings (SSSR count). The second-order valence-electron chi connectivity index (χ2n) is 2.40. The molecule has 0 radical (unpaired) electrons. The van der Waals surface area contributed by atoms with Crippen LogP contribution in [0.25, 0.3) is 0 Å². The zero-order valence-electron chi connectivity index (χ0n) is 7.32. The van der Waals surface area contributed by atoms with E-state index in [1.807, 2.05) is 6.07 Å². The Bertz CT molecular complexity index is 289. The number of hydrogen-bond donors (Lipinski definition) is 1. The number of hydrogen-bond acceptors (Lipinski definition) is 3. The number of halogens is 1. The van der Waals surface area contributed by atoms with Crippen molar-refractivity contribution in [1.82, 2.24) is 0 Å². The van der Waals surface area contributed by atoms with Crippen LogP contribution in [0.1, 0.15) is 15.9 Å². The minimum absolute atomic E-state index is 0. The summed E-state index contributed by atoms with van der Waals surface area (Å²) in [6.07, 6.45) is 0. The molecule has 0 spiro atoms. The molecule has 13 heavy (non-hydrogen) atoms. The molecular weight excluding hydrogens is 190 g/mol. The van der Waals surface area contributed by atoms with Gasteiger partial charge in [0.25, 0.3) is 0 Å². The Labute approximate surface area is 83.3 Å². The van der Waals surface area contributed by atoms with Crippen molar-refractivity contribution in [3.8, 4) is 0 Å². The van der Waals surface area contributed by atoms with Crippen LogP contribution in [0.2, 0.25) is 0 Å². The summed E-state index contributed by atoms with van der Waals surface area (Å²) in [7, 11) is 1.36. The Morgan fingerprint density at radius 1 is 1.54 bits per heavy atom. The molecular formula is C9H12ClNO2. The summed E-state index contributed by atoms with van der Waals surface area (Å²) in [6, 6.07) is 7.08. The fourth-order valence-corrected chi connectivity index (χ4v) is 0.943. The van der Waals surface area contributed by atoms with E-state index in [1.54, 1.807) is 18.2 Å². The van der Waals surface area contributed by atoms with Crippen LogP contribution in [0.15, 0.2) is 24.3 Å². The van der Waals surface area contributed by atoms with Crippen molar-refractivity contribution in [2.45, 2.75) is 6.54 Å². The average molecular weight is 202 g/mol. The minimum Gasteiger partial charge on any atom is -0.465 e. The number of rotatable bonds is 2. The number of benzene rings is 1. The zero-order valence-corrected chi connectivity index (χ0v) is 8.14. The molecule has 0 heterocycles. The summed E-state index contributed by atoms with van der Waals surface area (Å²) >= 11 is 0. The lowest BCUT2D eigenvalue weighted by Crippen LogP contribution is -2.03. The normalized spacial score (nSPS) is 8.77. The van der Waals surface area contributed by atoms with Gasteiger partial charge < -0.3 is 10.5 Å². The lowest BCUT2D eigenvalue weighted by Gasteiger charge is -2.00. The van der Waals surface area contributed by atoms with E-state index in [0.717, 1.165) is 5.56 Å². The Morgan fingerprint density at radius 3 is 2.77 bits per heavy atom. The number of carbonyl (C=O) groups is 1. The Balaban J connectivity index is 0.00000144. The van der Waals surface area contributed by atoms with Crippen LogP contribution in [0.5, 0.6) is 0 Å². The van der Waals surface area contributed by atoms with Crippen LogP contribution in [0.4, 0.5) is 0 Å². The molecule has 4 heteroatoms. The van der Waals surface area contributed by atoms with Gasteiger partial charge in [-0.2, -0.15) is 0 Å². The molecule has 0 fully saturated rings. The number of esters is 1. The molecule has 0 bridgehead atoms. The Kier molecular flexibility index (Phi) is 5.11. The van der Waals surface area contributed by atoms with Gasteiger partial charge in [0.1, 0.15) is 0 Å². The summed E-state index contributed by atoms with van der Waals surface area (Å²) in [5.74, 6) is -0.328. The highest BCUT2D eigenvalue weighted by Gasteiger charge is 2.03. The van der Waals surface area contributed by atoms with Crippen molar-refractivity contribution < 1.29 is 9.53 Å². The highest BCUT2D eigenvalue weighted by molar-refractivity contribution is 5.89. The minimum atomic E-state index is -0.328. The molecule has 0 amide bonds. The molecule has 0 saturated heterocycles. The molecule has 3 nitrogen and oxygen atoms in total. The topological polar surface area (TPSA) is 52.3 Å². The molecule has 0 atom stereocenters. The lowest BCUT2D eigenvalue weighted by molar-refractivity contribution is 0.0600. The Hall–Kier alpha value is -1.06. The second-order valence-corrected chi connectivity index (χ2v) is 2.40. The van der Waals surface area contributed by atoms with Gasteiger partial charge in [-0.05, 0) is 17.7 Å². The van der Waals surface area contributed by atoms with E-state index in [4.69, 9.17) is 5.73 Å². The number of nitrogens with two attached hydrogens (primary N) is 1. The molecule has 0 aliphatic heterocycles. The van der Waals surface area contributed by atoms with E-state index in [-0.39, 0.29) is 18.4 Å². The first-order chi connectivity index (χ1) is 5.77. The fraction of sp³-hybridized carbons (Fsp3) is 0.222. The highest BCUT2D eigenvalue weighted by Crippen LogP contribution is 2.05. The maximum Gasteiger partial charge on any atom is 0.337 e. The van der Waals surface area contributed by atoms with Crippen LogP contribution >= 0.6 is 12.4 Å². The van der Waals surface area contributed by atoms with Gasteiger partial charge in [-0.1, -0.05) is 12.1 Å². The van der Waals surface area contributed by atoms with Crippen LogP contribution in [0, 0.1) is 0 Å². The van der Waals surface area contributed by atoms with Crippen molar-refractivity contribution in [2.24, 2.45) is 5.73 Å². The predicted molar refractivity (Wildman–Crippen MR) is 52.9 cm³/mol. The van der Waals surface area contributed by atoms with Gasteiger partial charge in [0.15, 0.2) is 0 Å². The SMILES string of the molecule is COC(=O)c1cccc(CN)c1.Cl. The zero-order chi connectivity index (χ0) is 8.97. The van der Waals surface area contributed by atoms with E-state index < -0.39 is 0 Å². The average Bonchev–Trinajstić information content (AvgIpc) is 2.17. The van der Waals surface area contributed by atoms with Gasteiger partial charge in [0, 0.05) is 6.54 Å². The van der Waals surface area contributed by atoms with E-state index in [1.165, 1.54) is 7.11 Å². The van der Waals surface area contributed by atoms with Gasteiger partial charge in [0.05, 0.1) is 12.7 Å². The van der Waals surface area contributed by atoms with Crippen LogP contribution in [0.3, 0.4) is 0 Å². The molecule has 0 aromatic heterocycles. The third kappa shape index (κ3) is 3.05. The molecule has 0 aliphatic carbocycles. The molecule has 72 valence electrons. The maximum absolute atomic E-state index is 11.0. The van der Waals surface area contributed by atoms with E-state index in [2.05, 4.69) is 4.74 Å². The molecule has 2 N–H and O–H groups in total. The maximum atomic E-state index is 11.0. The van der Waals surface area contributed by atoms with Crippen LogP contribution in [-0.4, -0.2) is 13.1 Å². The molecule has 1 aromatic rings. The van der Waals surface area contributed by atoms with Crippen molar-refractivity contribution in [3.63, 3.8) is 0 Å². The summed E-state index contributed by atoms with van der Waals surface area (Å²) in [5, 5.41) is 0. The number of ether oxygens (including phenoxy) is 1. The van der Waals surface area contributed by atoms with Gasteiger partial charge in [-0.25, -0.2) is 4.79 Å². The van der Waals surface area contributed by atoms with E-state index >= 15 is 0 Å². The largest absolute Gasteiger partial charge is 0.465 e. The van der Waals surface area contributed by atoms with Crippen LogP contribution < -0.4 is 5.73 Å². The first kappa shape index (κ1) is 11.9. The second kappa shape index (κ2) is 5.56. The third-order valence-electron chi connectivity index (χ3n) is 1.58. The van der Waals surface area contributed by atoms with Crippen molar-refractivity contribution >= 4 is 18.4 Å². The summed E-state index contributed by atoms with van der Waals surface area (Å²) in [5.41, 5.74) is 6.88. The lowest BCUT2D eigenvalue weighted by atomic mass is 10.1. The van der Waals surface area contributed by atoms with E-state index in [9.17, 15) is 4.79 Å². The van der Waals surface area contributed by atoms with Crippen molar-refractivity contribution in [2.75, 3.05) is 7.11 Å². The van der Waals surface area contributed by atoms with Gasteiger partial charge in [-0.15, -0.1) is 12.4 Å². The monoisotopic (exact) mass is 201 g/mol. The van der Waals surface area contributed by atoms with Crippen molar-refractivity contribution in [1.29, 1.82) is 0 Å². The smallest absolute Gasteiger partial charge is 0.337 e. The quantitative estimate of drug-likeness (QED) is 0.735. The molecule has 0 aliphatic rings. The predicted octanol–water partition coefficient (Wildman–Crippen LogP) is 1.35. The Morgan fingerprint density at radius 2 is 2.23 bits per heavy atom. The van der Waals surface area contributed by atoms with Crippen LogP contribution in [-0.2, 0) is 11.3 Å². The standard InChI is InChI=1S/C9H11NO2.ClH/c1-12-9(11)8-4-2-3-7(5-8)6-10;/h2-5H,6,10H2,1H3;1H. The van der Waals surface area contributed by atoms with Crippen molar-refractivity contribution in [3.05, 3.63) is 35.4 Å². The molecule has 0 saturated carbocycles. The third-order valence-corrected chi connectivity index (χ3v) is 1.58. The first-order valence-corrected chi connectivity index (χ1v) is 3.65. The fourth-order valence-electron chi connectivity index (χ4n) is 0.943. The molecule has 0 unspecified atom stereocenters. The van der Waals surface area contributed by atoms with Gasteiger partial charge in [0.2, 0.25) is 0 Å². The van der Waals surface area contributed by atoms with E-state index in [0.29, 0.717) is 12.1 Å². The first-order valence-electron chi connectivity index (χ1n) is 3.65. The molecule has 1 aromatic carbocycles. The summed E-state index contributed by atoms with van der Waals surface area (Å²) < 4.78 is 4.56. The highest BCUT2D eigenvalue weighted by atomic mass is 35.5. The summed E-state index contributed by atoms with van der Waals surface area (Å²) in [4.78, 5) is 11.0. The van der Waals surface area contributed by atoms with Gasteiger partial charge >= 0.3 is 5.97 Å². The number of methoxy groups -OCH3 is 1.